The number of rotatable bonds is 0. The van der Waals surface area contributed by atoms with Crippen LogP contribution in [0.1, 0.15) is 6.92 Å². The van der Waals surface area contributed by atoms with E-state index in [2.05, 4.69) is 15.9 Å². The van der Waals surface area contributed by atoms with Gasteiger partial charge in [-0.3, -0.25) is 0 Å². The summed E-state index contributed by atoms with van der Waals surface area (Å²) in [5.74, 6) is 0. The second kappa shape index (κ2) is 3.05. The highest BCUT2D eigenvalue weighted by molar-refractivity contribution is 9.11. The second-order valence-electron chi connectivity index (χ2n) is 2.37. The van der Waals surface area contributed by atoms with Crippen LogP contribution in [0.3, 0.4) is 0 Å². The minimum Gasteiger partial charge on any atom is -0.402 e. The van der Waals surface area contributed by atoms with Crippen molar-refractivity contribution in [3.63, 3.8) is 0 Å². The molecule has 0 amide bonds. The predicted molar refractivity (Wildman–Crippen MR) is 50.8 cm³/mol. The molecule has 0 radical (unpaired) electrons. The Hall–Kier alpha value is -0.830. The van der Waals surface area contributed by atoms with Gasteiger partial charge in [-0.1, -0.05) is 15.9 Å². The van der Waals surface area contributed by atoms with Crippen LogP contribution in [0.2, 0.25) is 0 Å². The molecule has 0 saturated heterocycles. The van der Waals surface area contributed by atoms with Crippen LogP contribution in [0.15, 0.2) is 34.0 Å². The Morgan fingerprint density at radius 1 is 1.55 bits per heavy atom. The van der Waals surface area contributed by atoms with Crippen LogP contribution in [0.4, 0.5) is 0 Å². The molecule has 0 saturated carbocycles. The fraction of sp³-hybridized carbons (Fsp3) is 0.125. The average molecular weight is 213 g/mol. The summed E-state index contributed by atoms with van der Waals surface area (Å²) >= 11 is 3.28. The van der Waals surface area contributed by atoms with Crippen molar-refractivity contribution in [2.24, 2.45) is 5.73 Å². The van der Waals surface area contributed by atoms with Crippen LogP contribution in [-0.4, -0.2) is 5.71 Å². The summed E-state index contributed by atoms with van der Waals surface area (Å²) in [6.45, 7) is 1.79. The van der Waals surface area contributed by atoms with E-state index in [9.17, 15) is 0 Å². The van der Waals surface area contributed by atoms with Gasteiger partial charge in [0.05, 0.1) is 5.71 Å². The van der Waals surface area contributed by atoms with Gasteiger partial charge in [0, 0.05) is 15.8 Å². The lowest BCUT2D eigenvalue weighted by atomic mass is 10.0. The van der Waals surface area contributed by atoms with Crippen molar-refractivity contribution in [1.82, 2.24) is 0 Å². The van der Waals surface area contributed by atoms with Gasteiger partial charge in [0.25, 0.3) is 0 Å². The van der Waals surface area contributed by atoms with E-state index in [-0.39, 0.29) is 0 Å². The molecule has 1 aliphatic carbocycles. The Kier molecular flexibility index (Phi) is 2.29. The van der Waals surface area contributed by atoms with Crippen LogP contribution in [-0.2, 0) is 0 Å². The molecule has 1 rings (SSSR count). The maximum Gasteiger partial charge on any atom is 0.0640 e. The zero-order valence-electron chi connectivity index (χ0n) is 6.19. The van der Waals surface area contributed by atoms with Crippen molar-refractivity contribution < 1.29 is 0 Å². The summed E-state index contributed by atoms with van der Waals surface area (Å²) in [6.07, 6.45) is 5.44. The van der Waals surface area contributed by atoms with Gasteiger partial charge in [0.1, 0.15) is 0 Å². The summed E-state index contributed by atoms with van der Waals surface area (Å²) in [5.41, 5.74) is 7.49. The fourth-order valence-corrected chi connectivity index (χ4v) is 1.22. The highest BCUT2D eigenvalue weighted by atomic mass is 79.9. The Morgan fingerprint density at radius 2 is 2.18 bits per heavy atom. The van der Waals surface area contributed by atoms with E-state index in [0.29, 0.717) is 11.4 Å². The number of nitrogens with one attached hydrogen (secondary N) is 1. The second-order valence-corrected chi connectivity index (χ2v) is 3.29. The Labute approximate surface area is 74.1 Å². The summed E-state index contributed by atoms with van der Waals surface area (Å²) in [5, 5.41) is 7.51. The zero-order chi connectivity index (χ0) is 8.43. The normalized spacial score (nSPS) is 21.6. The Balaban J connectivity index is 3.05. The molecular weight excluding hydrogens is 204 g/mol. The van der Waals surface area contributed by atoms with Gasteiger partial charge in [-0.15, -0.1) is 0 Å². The van der Waals surface area contributed by atoms with Crippen LogP contribution in [0.25, 0.3) is 0 Å². The molecule has 0 fully saturated rings. The average Bonchev–Trinajstić information content (AvgIpc) is 1.85. The van der Waals surface area contributed by atoms with Gasteiger partial charge in [-0.05, 0) is 25.2 Å². The lowest BCUT2D eigenvalue weighted by molar-refractivity contribution is 1.28. The molecule has 58 valence electrons. The van der Waals surface area contributed by atoms with Gasteiger partial charge >= 0.3 is 0 Å². The molecule has 0 unspecified atom stereocenters. The van der Waals surface area contributed by atoms with Gasteiger partial charge < -0.3 is 11.1 Å². The van der Waals surface area contributed by atoms with Gasteiger partial charge in [0.15, 0.2) is 0 Å². The third-order valence-electron chi connectivity index (χ3n) is 1.41. The number of allylic oxidation sites excluding steroid dienone is 6. The standard InChI is InChI=1S/C8H9BrN2/c1-5(10)7-3-2-6(9)4-8(7)11/h2-4,11H,10H2,1H3/b7-5-,11-8?. The molecule has 1 aliphatic rings. The molecule has 0 bridgehead atoms. The molecule has 0 aromatic carbocycles. The first-order chi connectivity index (χ1) is 5.11. The van der Waals surface area contributed by atoms with Crippen LogP contribution >= 0.6 is 15.9 Å². The van der Waals surface area contributed by atoms with Crippen molar-refractivity contribution >= 4 is 21.6 Å². The summed E-state index contributed by atoms with van der Waals surface area (Å²) < 4.78 is 0.910. The van der Waals surface area contributed by atoms with Gasteiger partial charge in [-0.2, -0.15) is 0 Å². The maximum atomic E-state index is 7.51. The number of hydrogen-bond acceptors (Lipinski definition) is 2. The quantitative estimate of drug-likeness (QED) is 0.635. The molecule has 0 heterocycles. The third-order valence-corrected chi connectivity index (χ3v) is 1.90. The fourth-order valence-electron chi connectivity index (χ4n) is 0.860. The van der Waals surface area contributed by atoms with E-state index in [1.807, 2.05) is 12.2 Å². The molecule has 0 aliphatic heterocycles. The molecule has 3 heteroatoms. The minimum absolute atomic E-state index is 0.458. The van der Waals surface area contributed by atoms with E-state index in [4.69, 9.17) is 11.1 Å². The van der Waals surface area contributed by atoms with Crippen molar-refractivity contribution in [3.8, 4) is 0 Å². The highest BCUT2D eigenvalue weighted by Crippen LogP contribution is 2.17. The molecule has 0 aromatic heterocycles. The maximum absolute atomic E-state index is 7.51. The largest absolute Gasteiger partial charge is 0.402 e. The Bertz CT molecular complexity index is 280. The Morgan fingerprint density at radius 3 is 2.64 bits per heavy atom. The first-order valence-electron chi connectivity index (χ1n) is 3.22. The SMILES string of the molecule is C/C(N)=C1\C=CC(Br)=CC1=N. The first-order valence-corrected chi connectivity index (χ1v) is 4.01. The highest BCUT2D eigenvalue weighted by Gasteiger charge is 2.06. The number of halogens is 1. The van der Waals surface area contributed by atoms with Crippen molar-refractivity contribution in [2.45, 2.75) is 6.92 Å². The molecular formula is C8H9BrN2. The molecule has 0 spiro atoms. The van der Waals surface area contributed by atoms with Gasteiger partial charge in [-0.25, -0.2) is 0 Å². The van der Waals surface area contributed by atoms with Crippen molar-refractivity contribution in [3.05, 3.63) is 34.0 Å². The lowest BCUT2D eigenvalue weighted by Crippen LogP contribution is -2.06. The number of hydrogen-bond donors (Lipinski definition) is 2. The summed E-state index contributed by atoms with van der Waals surface area (Å²) in [6, 6.07) is 0. The predicted octanol–water partition coefficient (Wildman–Crippen LogP) is 2.09. The van der Waals surface area contributed by atoms with Crippen molar-refractivity contribution in [1.29, 1.82) is 5.41 Å². The summed E-state index contributed by atoms with van der Waals surface area (Å²) in [7, 11) is 0. The lowest BCUT2D eigenvalue weighted by Gasteiger charge is -2.07. The summed E-state index contributed by atoms with van der Waals surface area (Å²) in [4.78, 5) is 0. The smallest absolute Gasteiger partial charge is 0.0640 e. The van der Waals surface area contributed by atoms with E-state index < -0.39 is 0 Å². The van der Waals surface area contributed by atoms with E-state index in [0.717, 1.165) is 10.1 Å². The first kappa shape index (κ1) is 8.27. The molecule has 0 aromatic rings. The third kappa shape index (κ3) is 1.80. The van der Waals surface area contributed by atoms with Crippen LogP contribution in [0.5, 0.6) is 0 Å². The monoisotopic (exact) mass is 212 g/mol. The van der Waals surface area contributed by atoms with Crippen LogP contribution in [0, 0.1) is 5.41 Å². The topological polar surface area (TPSA) is 49.9 Å². The van der Waals surface area contributed by atoms with Crippen LogP contribution < -0.4 is 5.73 Å². The minimum atomic E-state index is 0.458. The molecule has 2 nitrogen and oxygen atoms in total. The van der Waals surface area contributed by atoms with E-state index >= 15 is 0 Å². The number of nitrogens with two attached hydrogens (primary N) is 1. The zero-order valence-corrected chi connectivity index (χ0v) is 7.77. The molecule has 3 N–H and O–H groups in total. The molecule has 11 heavy (non-hydrogen) atoms. The van der Waals surface area contributed by atoms with Crippen molar-refractivity contribution in [2.75, 3.05) is 0 Å². The van der Waals surface area contributed by atoms with Gasteiger partial charge in [0.2, 0.25) is 0 Å². The van der Waals surface area contributed by atoms with E-state index in [1.165, 1.54) is 0 Å². The molecule has 0 atom stereocenters. The van der Waals surface area contributed by atoms with E-state index in [1.54, 1.807) is 13.0 Å².